The van der Waals surface area contributed by atoms with Crippen molar-refractivity contribution in [2.45, 2.75) is 101 Å². The number of aliphatic hydroxyl groups excluding tert-OH is 6. The Labute approximate surface area is 181 Å². The molecule has 182 valence electrons. The lowest BCUT2D eigenvalue weighted by molar-refractivity contribution is -0.295. The molecule has 0 radical (unpaired) electrons. The summed E-state index contributed by atoms with van der Waals surface area (Å²) in [6, 6.07) is -1.31. The van der Waals surface area contributed by atoms with Crippen LogP contribution in [0.3, 0.4) is 0 Å². The third kappa shape index (κ3) is 6.77. The largest absolute Gasteiger partial charge is 0.394 e. The normalized spacial score (nSPS) is 40.4. The lowest BCUT2D eigenvalue weighted by Crippen LogP contribution is -2.61. The third-order valence-corrected chi connectivity index (χ3v) is 5.63. The lowest BCUT2D eigenvalue weighted by atomic mass is 10.0. The highest BCUT2D eigenvalue weighted by molar-refractivity contribution is 6.04. The predicted molar refractivity (Wildman–Crippen MR) is 108 cm³/mol. The molecule has 2 fully saturated rings. The Hall–Kier alpha value is -0.455. The van der Waals surface area contributed by atoms with Gasteiger partial charge in [-0.15, -0.1) is 0 Å². The van der Waals surface area contributed by atoms with Gasteiger partial charge in [0.2, 0.25) is 0 Å². The molecular formula is C17H36BN3O10. The summed E-state index contributed by atoms with van der Waals surface area (Å²) in [5, 5.41) is 64.6. The maximum Gasteiger partial charge on any atom is 0.198 e. The van der Waals surface area contributed by atoms with Gasteiger partial charge in [-0.3, -0.25) is 5.32 Å². The van der Waals surface area contributed by atoms with Crippen molar-refractivity contribution in [2.75, 3.05) is 6.61 Å². The van der Waals surface area contributed by atoms with Crippen LogP contribution in [0.15, 0.2) is 0 Å². The van der Waals surface area contributed by atoms with Crippen molar-refractivity contribution in [3.63, 3.8) is 0 Å². The number of nitrogens with one attached hydrogen (secondary N) is 2. The summed E-state index contributed by atoms with van der Waals surface area (Å²) in [5.74, 6) is 0. The van der Waals surface area contributed by atoms with Gasteiger partial charge in [-0.05, 0) is 19.8 Å². The van der Waals surface area contributed by atoms with E-state index >= 15 is 0 Å². The molecule has 2 heterocycles. The fourth-order valence-corrected chi connectivity index (χ4v) is 3.50. The smallest absolute Gasteiger partial charge is 0.198 e. The minimum Gasteiger partial charge on any atom is -0.394 e. The van der Waals surface area contributed by atoms with E-state index in [1.54, 1.807) is 21.8 Å². The molecule has 0 amide bonds. The monoisotopic (exact) mass is 453 g/mol. The zero-order chi connectivity index (χ0) is 23.3. The molecule has 0 aliphatic carbocycles. The first-order chi connectivity index (χ1) is 14.6. The predicted octanol–water partition coefficient (Wildman–Crippen LogP) is -5.25. The van der Waals surface area contributed by atoms with E-state index in [9.17, 15) is 30.6 Å². The fraction of sp³-hybridized carbons (Fsp3) is 1.00. The van der Waals surface area contributed by atoms with E-state index in [0.29, 0.717) is 6.42 Å². The van der Waals surface area contributed by atoms with Gasteiger partial charge in [-0.1, -0.05) is 6.92 Å². The number of hydrogen-bond acceptors (Lipinski definition) is 13. The summed E-state index contributed by atoms with van der Waals surface area (Å²) in [6.45, 7) is 2.96. The fourth-order valence-electron chi connectivity index (χ4n) is 3.50. The van der Waals surface area contributed by atoms with E-state index in [2.05, 4.69) is 10.5 Å². The second kappa shape index (κ2) is 12.1. The maximum absolute atomic E-state index is 10.4. The van der Waals surface area contributed by atoms with Gasteiger partial charge in [-0.2, -0.15) is 0 Å². The molecule has 0 aromatic heterocycles. The Morgan fingerprint density at radius 2 is 1.71 bits per heavy atom. The first kappa shape index (κ1) is 26.8. The minimum absolute atomic E-state index is 0.170. The molecule has 0 aromatic rings. The van der Waals surface area contributed by atoms with Crippen molar-refractivity contribution >= 4 is 7.98 Å². The molecule has 0 aromatic carbocycles. The summed E-state index contributed by atoms with van der Waals surface area (Å²) in [5.41, 5.74) is 6.18. The first-order valence-corrected chi connectivity index (χ1v) is 10.4. The molecule has 14 heteroatoms. The Morgan fingerprint density at radius 1 is 1.06 bits per heavy atom. The molecule has 0 bridgehead atoms. The van der Waals surface area contributed by atoms with Crippen LogP contribution in [-0.2, 0) is 18.9 Å². The van der Waals surface area contributed by atoms with Crippen LogP contribution in [0.25, 0.3) is 0 Å². The van der Waals surface area contributed by atoms with Gasteiger partial charge in [0.1, 0.15) is 24.5 Å². The molecule has 0 spiro atoms. The Bertz CT molecular complexity index is 540. The van der Waals surface area contributed by atoms with E-state index in [0.717, 1.165) is 0 Å². The van der Waals surface area contributed by atoms with E-state index in [4.69, 9.17) is 24.7 Å². The van der Waals surface area contributed by atoms with E-state index in [-0.39, 0.29) is 6.42 Å². The van der Waals surface area contributed by atoms with Gasteiger partial charge in [0, 0.05) is 12.1 Å². The summed E-state index contributed by atoms with van der Waals surface area (Å²) in [7, 11) is 1.59. The van der Waals surface area contributed by atoms with Crippen LogP contribution in [0.4, 0.5) is 0 Å². The van der Waals surface area contributed by atoms with Gasteiger partial charge >= 0.3 is 0 Å². The van der Waals surface area contributed by atoms with Crippen molar-refractivity contribution in [2.24, 2.45) is 5.73 Å². The Kier molecular flexibility index (Phi) is 10.5. The van der Waals surface area contributed by atoms with Gasteiger partial charge in [0.25, 0.3) is 0 Å². The number of ether oxygens (including phenoxy) is 4. The van der Waals surface area contributed by atoms with E-state index in [1.807, 2.05) is 0 Å². The second-order valence-electron chi connectivity index (χ2n) is 7.88. The van der Waals surface area contributed by atoms with Crippen LogP contribution >= 0.6 is 0 Å². The minimum atomic E-state index is -1.40. The van der Waals surface area contributed by atoms with Crippen molar-refractivity contribution in [1.29, 1.82) is 0 Å². The highest BCUT2D eigenvalue weighted by Crippen LogP contribution is 2.26. The molecule has 8 unspecified atom stereocenters. The highest BCUT2D eigenvalue weighted by atomic mass is 16.7. The van der Waals surface area contributed by atoms with Crippen LogP contribution in [0.1, 0.15) is 26.7 Å². The molecule has 2 aliphatic rings. The van der Waals surface area contributed by atoms with Crippen molar-refractivity contribution in [1.82, 2.24) is 10.5 Å². The second-order valence-corrected chi connectivity index (χ2v) is 7.88. The number of morpholine rings is 1. The highest BCUT2D eigenvalue weighted by Gasteiger charge is 2.44. The van der Waals surface area contributed by atoms with Crippen molar-refractivity contribution in [3.05, 3.63) is 0 Å². The quantitative estimate of drug-likeness (QED) is 0.106. The zero-order valence-electron chi connectivity index (χ0n) is 17.9. The van der Waals surface area contributed by atoms with E-state index in [1.165, 1.54) is 0 Å². The summed E-state index contributed by atoms with van der Waals surface area (Å²) in [6.07, 6.45) is -10.3. The first-order valence-electron chi connectivity index (χ1n) is 10.4. The van der Waals surface area contributed by atoms with Crippen LogP contribution in [0, 0.1) is 0 Å². The van der Waals surface area contributed by atoms with Crippen molar-refractivity contribution < 1.29 is 49.6 Å². The van der Waals surface area contributed by atoms with Gasteiger partial charge in [0.05, 0.1) is 18.8 Å². The van der Waals surface area contributed by atoms with Crippen LogP contribution in [-0.4, -0.2) is 119 Å². The Balaban J connectivity index is 1.87. The molecule has 12 atom stereocenters. The molecule has 2 aliphatic heterocycles. The van der Waals surface area contributed by atoms with Gasteiger partial charge < -0.3 is 60.5 Å². The average Bonchev–Trinajstić information content (AvgIpc) is 3.01. The molecule has 10 N–H and O–H groups in total. The lowest BCUT2D eigenvalue weighted by Gasteiger charge is -2.39. The molecule has 2 saturated heterocycles. The molecule has 2 rings (SSSR count). The van der Waals surface area contributed by atoms with Gasteiger partial charge in [-0.25, -0.2) is 0 Å². The number of hydrogen-bond donors (Lipinski definition) is 9. The number of nitrogens with two attached hydrogens (primary N) is 1. The van der Waals surface area contributed by atoms with Crippen LogP contribution in [0.2, 0.25) is 0 Å². The summed E-state index contributed by atoms with van der Waals surface area (Å²) >= 11 is 0. The Morgan fingerprint density at radius 3 is 2.26 bits per heavy atom. The third-order valence-electron chi connectivity index (χ3n) is 5.63. The van der Waals surface area contributed by atoms with Crippen LogP contribution in [0.5, 0.6) is 0 Å². The average molecular weight is 453 g/mol. The van der Waals surface area contributed by atoms with Crippen LogP contribution < -0.4 is 16.3 Å². The molecule has 13 nitrogen and oxygen atoms in total. The maximum atomic E-state index is 10.4. The number of rotatable bonds is 11. The molecule has 31 heavy (non-hydrogen) atoms. The van der Waals surface area contributed by atoms with E-state index < -0.39 is 80.5 Å². The summed E-state index contributed by atoms with van der Waals surface area (Å²) in [4.78, 5) is 0. The summed E-state index contributed by atoms with van der Waals surface area (Å²) < 4.78 is 21.8. The molecular weight excluding hydrogens is 417 g/mol. The van der Waals surface area contributed by atoms with Crippen molar-refractivity contribution in [3.8, 4) is 0 Å². The van der Waals surface area contributed by atoms with Gasteiger partial charge in [0.15, 0.2) is 33.1 Å². The standard InChI is InChI=1S/C17H36BN3O10/c1-3-9-11(23)12(24)16(29-9)31-15(27)8(21-18)4-7(19)6(2)28-17-14(26)20-13(25)10(5-22)30-17/h6-17,20-27H,3-5,18-19H2,1-2H3/t6-,7?,8?,9?,10?,11?,12?,13+,14-,15-,16?,17?/m0/s1. The molecule has 0 saturated carbocycles. The topological polar surface area (TPSA) is 208 Å². The SMILES string of the molecule is BNC(CC(N)[C@H](C)OC1OC(CO)[C@@H](O)N[C@H]1O)[C@@H](O)OC1OC(CC)C(O)C1O. The zero-order valence-corrected chi connectivity index (χ0v) is 17.9. The number of aliphatic hydroxyl groups is 6.